The van der Waals surface area contributed by atoms with Gasteiger partial charge in [0.2, 0.25) is 5.91 Å². The topological polar surface area (TPSA) is 41.1 Å². The molecule has 94 valence electrons. The Labute approximate surface area is 99.7 Å². The van der Waals surface area contributed by atoms with Gasteiger partial charge in [0.15, 0.2) is 0 Å². The van der Waals surface area contributed by atoms with Crippen LogP contribution >= 0.6 is 0 Å². The molecule has 0 bridgehead atoms. The fraction of sp³-hybridized carbons (Fsp3) is 0.769. The van der Waals surface area contributed by atoms with Crippen LogP contribution in [0.1, 0.15) is 46.5 Å². The second kappa shape index (κ2) is 10.7. The number of nitrogens with one attached hydrogen (secondary N) is 2. The maximum atomic E-state index is 11.6. The molecule has 0 saturated carbocycles. The van der Waals surface area contributed by atoms with Crippen molar-refractivity contribution in [2.24, 2.45) is 0 Å². The lowest BCUT2D eigenvalue weighted by Crippen LogP contribution is -2.42. The van der Waals surface area contributed by atoms with Gasteiger partial charge >= 0.3 is 0 Å². The van der Waals surface area contributed by atoms with E-state index in [0.29, 0.717) is 0 Å². The molecule has 0 aliphatic rings. The normalized spacial score (nSPS) is 12.9. The lowest BCUT2D eigenvalue weighted by atomic mass is 10.2. The van der Waals surface area contributed by atoms with Crippen LogP contribution in [0.2, 0.25) is 0 Å². The summed E-state index contributed by atoms with van der Waals surface area (Å²) in [6.07, 6.45) is 8.55. The first-order chi connectivity index (χ1) is 7.72. The molecule has 0 saturated heterocycles. The molecule has 1 atom stereocenters. The zero-order valence-electron chi connectivity index (χ0n) is 10.9. The van der Waals surface area contributed by atoms with E-state index >= 15 is 0 Å². The minimum absolute atomic E-state index is 0.0908. The Morgan fingerprint density at radius 2 is 2.06 bits per heavy atom. The summed E-state index contributed by atoms with van der Waals surface area (Å²) >= 11 is 0. The summed E-state index contributed by atoms with van der Waals surface area (Å²) in [5, 5.41) is 6.13. The highest BCUT2D eigenvalue weighted by atomic mass is 16.2. The molecule has 0 aromatic carbocycles. The Balaban J connectivity index is 3.49. The van der Waals surface area contributed by atoms with E-state index in [1.165, 1.54) is 12.8 Å². The van der Waals surface area contributed by atoms with E-state index < -0.39 is 0 Å². The van der Waals surface area contributed by atoms with Crippen molar-refractivity contribution < 1.29 is 4.79 Å². The van der Waals surface area contributed by atoms with Gasteiger partial charge < -0.3 is 10.6 Å². The first-order valence-corrected chi connectivity index (χ1v) is 6.34. The van der Waals surface area contributed by atoms with Crippen LogP contribution in [-0.4, -0.2) is 25.0 Å². The van der Waals surface area contributed by atoms with Crippen LogP contribution in [0.5, 0.6) is 0 Å². The standard InChI is InChI=1S/C13H26N2O/c1-4-6-8-10-14-12(3)13(16)15-11-9-7-5-2/h4,6,12,14H,5,7-11H2,1-3H3,(H,15,16)/b6-4+. The molecular formula is C13H26N2O. The van der Waals surface area contributed by atoms with Gasteiger partial charge in [-0.25, -0.2) is 0 Å². The molecule has 1 amide bonds. The highest BCUT2D eigenvalue weighted by Crippen LogP contribution is 1.92. The molecule has 2 N–H and O–H groups in total. The fourth-order valence-electron chi connectivity index (χ4n) is 1.38. The van der Waals surface area contributed by atoms with E-state index in [-0.39, 0.29) is 11.9 Å². The SMILES string of the molecule is C/C=C/CCNC(C)C(=O)NCCCCC. The fourth-order valence-corrected chi connectivity index (χ4v) is 1.38. The highest BCUT2D eigenvalue weighted by Gasteiger charge is 2.09. The summed E-state index contributed by atoms with van der Waals surface area (Å²) in [5.41, 5.74) is 0. The van der Waals surface area contributed by atoms with Crippen LogP contribution in [0.15, 0.2) is 12.2 Å². The molecule has 0 aliphatic carbocycles. The molecule has 3 nitrogen and oxygen atoms in total. The van der Waals surface area contributed by atoms with Gasteiger partial charge in [0.1, 0.15) is 0 Å². The average Bonchev–Trinajstić information content (AvgIpc) is 2.29. The molecule has 0 aliphatic heterocycles. The number of carbonyl (C=O) groups excluding carboxylic acids is 1. The summed E-state index contributed by atoms with van der Waals surface area (Å²) in [4.78, 5) is 11.6. The third-order valence-corrected chi connectivity index (χ3v) is 2.47. The third-order valence-electron chi connectivity index (χ3n) is 2.47. The summed E-state index contributed by atoms with van der Waals surface area (Å²) in [6.45, 7) is 7.73. The maximum absolute atomic E-state index is 11.6. The molecule has 0 aromatic rings. The summed E-state index contributed by atoms with van der Waals surface area (Å²) in [7, 11) is 0. The second-order valence-electron chi connectivity index (χ2n) is 4.03. The van der Waals surface area contributed by atoms with E-state index in [1.807, 2.05) is 19.9 Å². The monoisotopic (exact) mass is 226 g/mol. The molecule has 3 heteroatoms. The average molecular weight is 226 g/mol. The van der Waals surface area contributed by atoms with Crippen LogP contribution in [0.3, 0.4) is 0 Å². The van der Waals surface area contributed by atoms with Crippen LogP contribution in [0, 0.1) is 0 Å². The van der Waals surface area contributed by atoms with E-state index in [9.17, 15) is 4.79 Å². The molecular weight excluding hydrogens is 200 g/mol. The smallest absolute Gasteiger partial charge is 0.236 e. The number of allylic oxidation sites excluding steroid dienone is 1. The molecule has 0 radical (unpaired) electrons. The lowest BCUT2D eigenvalue weighted by Gasteiger charge is -2.13. The second-order valence-corrected chi connectivity index (χ2v) is 4.03. The summed E-state index contributed by atoms with van der Waals surface area (Å²) in [5.74, 6) is 0.108. The van der Waals surface area contributed by atoms with Gasteiger partial charge in [-0.1, -0.05) is 31.9 Å². The van der Waals surface area contributed by atoms with E-state index in [2.05, 4.69) is 23.6 Å². The van der Waals surface area contributed by atoms with Gasteiger partial charge in [-0.2, -0.15) is 0 Å². The molecule has 0 heterocycles. The van der Waals surface area contributed by atoms with Crippen LogP contribution in [0.4, 0.5) is 0 Å². The minimum atomic E-state index is -0.0908. The van der Waals surface area contributed by atoms with Gasteiger partial charge in [0.05, 0.1) is 6.04 Å². The van der Waals surface area contributed by atoms with Crippen molar-refractivity contribution in [3.8, 4) is 0 Å². The number of amides is 1. The predicted octanol–water partition coefficient (Wildman–Crippen LogP) is 2.24. The number of carbonyl (C=O) groups is 1. The van der Waals surface area contributed by atoms with E-state index in [4.69, 9.17) is 0 Å². The molecule has 16 heavy (non-hydrogen) atoms. The van der Waals surface area contributed by atoms with Crippen molar-refractivity contribution in [1.82, 2.24) is 10.6 Å². The highest BCUT2D eigenvalue weighted by molar-refractivity contribution is 5.81. The lowest BCUT2D eigenvalue weighted by molar-refractivity contribution is -0.122. The summed E-state index contributed by atoms with van der Waals surface area (Å²) in [6, 6.07) is -0.0908. The number of hydrogen-bond donors (Lipinski definition) is 2. The van der Waals surface area contributed by atoms with Crippen molar-refractivity contribution in [2.45, 2.75) is 52.5 Å². The maximum Gasteiger partial charge on any atom is 0.236 e. The zero-order valence-corrected chi connectivity index (χ0v) is 10.9. The molecule has 0 aromatic heterocycles. The van der Waals surface area contributed by atoms with Crippen LogP contribution in [-0.2, 0) is 4.79 Å². The Hall–Kier alpha value is -0.830. The van der Waals surface area contributed by atoms with Crippen molar-refractivity contribution in [1.29, 1.82) is 0 Å². The molecule has 1 unspecified atom stereocenters. The van der Waals surface area contributed by atoms with Gasteiger partial charge in [-0.05, 0) is 33.2 Å². The molecule has 0 fully saturated rings. The number of unbranched alkanes of at least 4 members (excludes halogenated alkanes) is 2. The van der Waals surface area contributed by atoms with Gasteiger partial charge in [0, 0.05) is 6.54 Å². The van der Waals surface area contributed by atoms with Crippen molar-refractivity contribution in [2.75, 3.05) is 13.1 Å². The first-order valence-electron chi connectivity index (χ1n) is 6.34. The number of rotatable bonds is 9. The first kappa shape index (κ1) is 15.2. The Morgan fingerprint density at radius 1 is 1.31 bits per heavy atom. The molecule has 0 rings (SSSR count). The van der Waals surface area contributed by atoms with E-state index in [1.54, 1.807) is 0 Å². The quantitative estimate of drug-likeness (QED) is 0.467. The van der Waals surface area contributed by atoms with Crippen molar-refractivity contribution >= 4 is 5.91 Å². The van der Waals surface area contributed by atoms with Crippen LogP contribution < -0.4 is 10.6 Å². The number of hydrogen-bond acceptors (Lipinski definition) is 2. The minimum Gasteiger partial charge on any atom is -0.355 e. The zero-order chi connectivity index (χ0) is 12.2. The van der Waals surface area contributed by atoms with Gasteiger partial charge in [-0.3, -0.25) is 4.79 Å². The van der Waals surface area contributed by atoms with Crippen LogP contribution in [0.25, 0.3) is 0 Å². The Kier molecular flexibility index (Phi) is 10.1. The van der Waals surface area contributed by atoms with Crippen molar-refractivity contribution in [3.63, 3.8) is 0 Å². The van der Waals surface area contributed by atoms with E-state index in [0.717, 1.165) is 25.9 Å². The van der Waals surface area contributed by atoms with Crippen molar-refractivity contribution in [3.05, 3.63) is 12.2 Å². The van der Waals surface area contributed by atoms with Gasteiger partial charge in [0.25, 0.3) is 0 Å². The predicted molar refractivity (Wildman–Crippen MR) is 69.4 cm³/mol. The summed E-state index contributed by atoms with van der Waals surface area (Å²) < 4.78 is 0. The largest absolute Gasteiger partial charge is 0.355 e. The Bertz CT molecular complexity index is 202. The third kappa shape index (κ3) is 8.48. The Morgan fingerprint density at radius 3 is 2.69 bits per heavy atom. The molecule has 0 spiro atoms. The van der Waals surface area contributed by atoms with Gasteiger partial charge in [-0.15, -0.1) is 0 Å².